The summed E-state index contributed by atoms with van der Waals surface area (Å²) >= 11 is 0. The minimum Gasteiger partial charge on any atom is -0.361 e. The number of aromatic amines is 1. The molecule has 1 heterocycles. The van der Waals surface area contributed by atoms with Crippen molar-refractivity contribution in [3.05, 3.63) is 71.4 Å². The minimum absolute atomic E-state index is 0.287. The van der Waals surface area contributed by atoms with Crippen molar-refractivity contribution in [2.75, 3.05) is 0 Å². The van der Waals surface area contributed by atoms with E-state index in [1.54, 1.807) is 0 Å². The van der Waals surface area contributed by atoms with Crippen LogP contribution in [0.2, 0.25) is 0 Å². The van der Waals surface area contributed by atoms with Crippen LogP contribution in [0.25, 0.3) is 22.4 Å². The van der Waals surface area contributed by atoms with E-state index in [4.69, 9.17) is 0 Å². The van der Waals surface area contributed by atoms with Gasteiger partial charge >= 0.3 is 0 Å². The first-order valence-electron chi connectivity index (χ1n) is 7.92. The highest BCUT2D eigenvalue weighted by Gasteiger charge is 2.29. The number of hydrogen-bond acceptors (Lipinski definition) is 0. The highest BCUT2D eigenvalue weighted by Crippen LogP contribution is 2.40. The highest BCUT2D eigenvalue weighted by molar-refractivity contribution is 5.73. The summed E-state index contributed by atoms with van der Waals surface area (Å²) in [4.78, 5) is 3.32. The average molecular weight is 287 g/mol. The molecule has 0 saturated heterocycles. The Hall–Kier alpha value is -2.28. The zero-order valence-corrected chi connectivity index (χ0v) is 13.4. The van der Waals surface area contributed by atoms with E-state index in [1.165, 1.54) is 39.1 Å². The Labute approximate surface area is 132 Å². The number of aryl methyl sites for hydroxylation is 1. The first-order chi connectivity index (χ1) is 10.5. The fourth-order valence-corrected chi connectivity index (χ4v) is 3.52. The van der Waals surface area contributed by atoms with Crippen molar-refractivity contribution >= 4 is 0 Å². The molecule has 0 amide bonds. The van der Waals surface area contributed by atoms with Crippen LogP contribution in [0, 0.1) is 6.92 Å². The van der Waals surface area contributed by atoms with Crippen LogP contribution in [0.5, 0.6) is 0 Å². The summed E-state index contributed by atoms with van der Waals surface area (Å²) in [5, 5.41) is 0. The molecule has 110 valence electrons. The topological polar surface area (TPSA) is 15.8 Å². The van der Waals surface area contributed by atoms with Crippen molar-refractivity contribution in [3.8, 4) is 22.4 Å². The van der Waals surface area contributed by atoms with Crippen LogP contribution in [-0.2, 0) is 11.8 Å². The third-order valence-corrected chi connectivity index (χ3v) is 4.85. The predicted octanol–water partition coefficient (Wildman–Crippen LogP) is 5.49. The molecule has 1 aliphatic carbocycles. The molecule has 1 aromatic heterocycles. The third-order valence-electron chi connectivity index (χ3n) is 4.85. The Kier molecular flexibility index (Phi) is 2.80. The minimum atomic E-state index is 0.287. The Morgan fingerprint density at radius 2 is 1.64 bits per heavy atom. The van der Waals surface area contributed by atoms with Gasteiger partial charge in [0.1, 0.15) is 0 Å². The number of benzene rings is 2. The van der Waals surface area contributed by atoms with E-state index in [0.717, 1.165) is 6.42 Å². The van der Waals surface area contributed by atoms with Crippen LogP contribution >= 0.6 is 0 Å². The van der Waals surface area contributed by atoms with Gasteiger partial charge < -0.3 is 4.98 Å². The van der Waals surface area contributed by atoms with Gasteiger partial charge in [0.05, 0.1) is 0 Å². The molecular weight excluding hydrogens is 266 g/mol. The molecule has 0 unspecified atom stereocenters. The second-order valence-electron chi connectivity index (χ2n) is 7.10. The molecule has 2 aromatic carbocycles. The van der Waals surface area contributed by atoms with E-state index in [9.17, 15) is 0 Å². The second kappa shape index (κ2) is 4.61. The zero-order valence-electron chi connectivity index (χ0n) is 13.4. The van der Waals surface area contributed by atoms with E-state index in [1.807, 2.05) is 6.20 Å². The van der Waals surface area contributed by atoms with E-state index < -0.39 is 0 Å². The molecule has 0 fully saturated rings. The van der Waals surface area contributed by atoms with Crippen LogP contribution in [0.1, 0.15) is 30.5 Å². The number of nitrogens with one attached hydrogen (secondary N) is 1. The van der Waals surface area contributed by atoms with Crippen molar-refractivity contribution in [2.45, 2.75) is 32.6 Å². The van der Waals surface area contributed by atoms with Gasteiger partial charge in [-0.25, -0.2) is 0 Å². The van der Waals surface area contributed by atoms with Crippen molar-refractivity contribution in [1.82, 2.24) is 4.98 Å². The average Bonchev–Trinajstić information content (AvgIpc) is 3.02. The van der Waals surface area contributed by atoms with Crippen LogP contribution in [0.4, 0.5) is 0 Å². The van der Waals surface area contributed by atoms with Crippen LogP contribution in [0.3, 0.4) is 0 Å². The lowest BCUT2D eigenvalue weighted by Gasteiger charge is -2.17. The Balaban J connectivity index is 1.70. The molecule has 1 heteroatoms. The Morgan fingerprint density at radius 3 is 2.32 bits per heavy atom. The fraction of sp³-hybridized carbons (Fsp3) is 0.238. The number of aromatic nitrogens is 1. The standard InChI is InChI=1S/C21H21N/c1-14-10-20(22-13-14)16-6-4-15(5-7-16)19-9-8-18-11-17(19)12-21(18,2)3/h4-11,13,22H,12H2,1-3H3. The van der Waals surface area contributed by atoms with E-state index in [-0.39, 0.29) is 5.41 Å². The van der Waals surface area contributed by atoms with Gasteiger partial charge in [-0.05, 0) is 58.2 Å². The monoisotopic (exact) mass is 287 g/mol. The summed E-state index contributed by atoms with van der Waals surface area (Å²) in [6.07, 6.45) is 3.19. The summed E-state index contributed by atoms with van der Waals surface area (Å²) < 4.78 is 0. The number of hydrogen-bond donors (Lipinski definition) is 1. The predicted molar refractivity (Wildman–Crippen MR) is 93.1 cm³/mol. The molecule has 0 spiro atoms. The normalized spacial score (nSPS) is 15.2. The SMILES string of the molecule is Cc1c[nH]c(-c2ccc(-c3ccc4cc3CC4(C)C)cc2)c1. The smallest absolute Gasteiger partial charge is 0.0456 e. The van der Waals surface area contributed by atoms with Crippen molar-refractivity contribution < 1.29 is 0 Å². The van der Waals surface area contributed by atoms with Gasteiger partial charge in [-0.3, -0.25) is 0 Å². The summed E-state index contributed by atoms with van der Waals surface area (Å²) in [7, 11) is 0. The summed E-state index contributed by atoms with van der Waals surface area (Å²) in [6, 6.07) is 18.0. The molecule has 0 atom stereocenters. The molecule has 0 radical (unpaired) electrons. The lowest BCUT2D eigenvalue weighted by molar-refractivity contribution is 0.548. The van der Waals surface area contributed by atoms with Crippen LogP contribution in [-0.4, -0.2) is 4.98 Å². The summed E-state index contributed by atoms with van der Waals surface area (Å²) in [6.45, 7) is 6.77. The Bertz CT molecular complexity index is 835. The van der Waals surface area contributed by atoms with Crippen LogP contribution in [0.15, 0.2) is 54.7 Å². The maximum Gasteiger partial charge on any atom is 0.0456 e. The fourth-order valence-electron chi connectivity index (χ4n) is 3.52. The maximum absolute atomic E-state index is 3.32. The molecule has 1 nitrogen and oxygen atoms in total. The number of H-pyrrole nitrogens is 1. The van der Waals surface area contributed by atoms with Crippen molar-refractivity contribution in [1.29, 1.82) is 0 Å². The largest absolute Gasteiger partial charge is 0.361 e. The lowest BCUT2D eigenvalue weighted by atomic mass is 9.87. The molecule has 4 rings (SSSR count). The molecule has 22 heavy (non-hydrogen) atoms. The van der Waals surface area contributed by atoms with E-state index >= 15 is 0 Å². The zero-order chi connectivity index (χ0) is 15.3. The molecule has 1 aliphatic rings. The first kappa shape index (κ1) is 13.4. The van der Waals surface area contributed by atoms with Gasteiger partial charge in [0.2, 0.25) is 0 Å². The van der Waals surface area contributed by atoms with Gasteiger partial charge in [-0.2, -0.15) is 0 Å². The number of fused-ring (bicyclic) bond motifs is 2. The summed E-state index contributed by atoms with van der Waals surface area (Å²) in [5.41, 5.74) is 9.61. The summed E-state index contributed by atoms with van der Waals surface area (Å²) in [5.74, 6) is 0. The van der Waals surface area contributed by atoms with Gasteiger partial charge in [-0.1, -0.05) is 56.3 Å². The van der Waals surface area contributed by atoms with Gasteiger partial charge in [-0.15, -0.1) is 0 Å². The molecule has 3 aromatic rings. The molecule has 0 saturated carbocycles. The first-order valence-corrected chi connectivity index (χ1v) is 7.92. The highest BCUT2D eigenvalue weighted by atomic mass is 14.7. The Morgan fingerprint density at radius 1 is 0.909 bits per heavy atom. The quantitative estimate of drug-likeness (QED) is 0.641. The van der Waals surface area contributed by atoms with E-state index in [0.29, 0.717) is 0 Å². The second-order valence-corrected chi connectivity index (χ2v) is 7.10. The van der Waals surface area contributed by atoms with Crippen molar-refractivity contribution in [2.24, 2.45) is 0 Å². The van der Waals surface area contributed by atoms with Crippen molar-refractivity contribution in [3.63, 3.8) is 0 Å². The molecule has 2 bridgehead atoms. The van der Waals surface area contributed by atoms with Gasteiger partial charge in [0, 0.05) is 11.9 Å². The molecular formula is C21H21N. The lowest BCUT2D eigenvalue weighted by Crippen LogP contribution is -2.13. The third kappa shape index (κ3) is 2.09. The maximum atomic E-state index is 3.32. The van der Waals surface area contributed by atoms with Crippen LogP contribution < -0.4 is 0 Å². The van der Waals surface area contributed by atoms with Gasteiger partial charge in [0.15, 0.2) is 0 Å². The van der Waals surface area contributed by atoms with Gasteiger partial charge in [0.25, 0.3) is 0 Å². The molecule has 1 N–H and O–H groups in total. The number of rotatable bonds is 2. The van der Waals surface area contributed by atoms with E-state index in [2.05, 4.69) is 74.3 Å². The molecule has 0 aliphatic heterocycles.